The number of rotatable bonds is 9. The number of carbonyl (C=O) groups excluding carboxylic acids is 1. The molecule has 0 aromatic heterocycles. The van der Waals surface area contributed by atoms with Gasteiger partial charge in [-0.1, -0.05) is 39.1 Å². The van der Waals surface area contributed by atoms with E-state index in [1.807, 2.05) is 34.6 Å². The Kier molecular flexibility index (Phi) is 9.14. The lowest BCUT2D eigenvalue weighted by atomic mass is 10.00. The molecule has 0 fully saturated rings. The zero-order valence-electron chi connectivity index (χ0n) is 12.7. The number of thioether (sulfide) groups is 1. The second kappa shape index (κ2) is 9.39. The quantitative estimate of drug-likeness (QED) is 0.522. The van der Waals surface area contributed by atoms with Gasteiger partial charge in [0.05, 0.1) is 19.3 Å². The second-order valence-corrected chi connectivity index (χ2v) is 6.49. The fraction of sp³-hybridized carbons (Fsp3) is 0.786. The lowest BCUT2D eigenvalue weighted by Gasteiger charge is -2.19. The van der Waals surface area contributed by atoms with Crippen molar-refractivity contribution in [1.82, 2.24) is 5.32 Å². The van der Waals surface area contributed by atoms with Crippen molar-refractivity contribution >= 4 is 16.9 Å². The summed E-state index contributed by atoms with van der Waals surface area (Å²) in [6, 6.07) is 0. The molecule has 0 amide bonds. The summed E-state index contributed by atoms with van der Waals surface area (Å²) in [6.07, 6.45) is 1.53. The van der Waals surface area contributed by atoms with Gasteiger partial charge in [0.1, 0.15) is 6.23 Å². The molecular weight excluding hydrogens is 262 g/mol. The van der Waals surface area contributed by atoms with E-state index in [0.29, 0.717) is 19.0 Å². The number of carbonyl (C=O) groups is 1. The largest absolute Gasteiger partial charge is 0.378 e. The predicted octanol–water partition coefficient (Wildman–Crippen LogP) is 2.79. The van der Waals surface area contributed by atoms with Crippen molar-refractivity contribution in [2.24, 2.45) is 5.41 Å². The van der Waals surface area contributed by atoms with Crippen LogP contribution in [0.4, 0.5) is 0 Å². The molecule has 0 heterocycles. The van der Waals surface area contributed by atoms with Crippen LogP contribution in [-0.2, 0) is 14.3 Å². The standard InChI is InChI=1S/C14H27NO3S/c1-7-15-12(3)18-11(2)10-17-8-9-19-13(16)14(4,5)6/h7,11-12,15H,1,8-10H2,2-6H3. The van der Waals surface area contributed by atoms with Gasteiger partial charge < -0.3 is 14.8 Å². The van der Waals surface area contributed by atoms with Crippen LogP contribution in [-0.4, -0.2) is 36.4 Å². The highest BCUT2D eigenvalue weighted by atomic mass is 32.2. The van der Waals surface area contributed by atoms with Gasteiger partial charge in [-0.25, -0.2) is 0 Å². The van der Waals surface area contributed by atoms with Crippen LogP contribution in [0.25, 0.3) is 0 Å². The van der Waals surface area contributed by atoms with Gasteiger partial charge in [0, 0.05) is 11.2 Å². The summed E-state index contributed by atoms with van der Waals surface area (Å²) >= 11 is 1.33. The van der Waals surface area contributed by atoms with Crippen molar-refractivity contribution in [2.75, 3.05) is 19.0 Å². The molecule has 4 nitrogen and oxygen atoms in total. The van der Waals surface area contributed by atoms with E-state index >= 15 is 0 Å². The first kappa shape index (κ1) is 18.5. The molecular formula is C14H27NO3S. The van der Waals surface area contributed by atoms with Crippen molar-refractivity contribution in [1.29, 1.82) is 0 Å². The second-order valence-electron chi connectivity index (χ2n) is 5.42. The molecule has 0 bridgehead atoms. The van der Waals surface area contributed by atoms with E-state index in [0.717, 1.165) is 0 Å². The van der Waals surface area contributed by atoms with Gasteiger partial charge in [-0.3, -0.25) is 4.79 Å². The summed E-state index contributed by atoms with van der Waals surface area (Å²) in [5.41, 5.74) is -0.285. The molecule has 0 saturated carbocycles. The average Bonchev–Trinajstić information content (AvgIpc) is 2.27. The number of hydrogen-bond donors (Lipinski definition) is 1. The molecule has 1 N–H and O–H groups in total. The van der Waals surface area contributed by atoms with E-state index in [1.165, 1.54) is 11.8 Å². The number of nitrogens with one attached hydrogen (secondary N) is 1. The van der Waals surface area contributed by atoms with Crippen LogP contribution < -0.4 is 5.32 Å². The molecule has 19 heavy (non-hydrogen) atoms. The predicted molar refractivity (Wildman–Crippen MR) is 81.1 cm³/mol. The Balaban J connectivity index is 3.59. The van der Waals surface area contributed by atoms with E-state index in [2.05, 4.69) is 11.9 Å². The van der Waals surface area contributed by atoms with Gasteiger partial charge in [0.25, 0.3) is 0 Å². The zero-order valence-corrected chi connectivity index (χ0v) is 13.5. The van der Waals surface area contributed by atoms with Crippen molar-refractivity contribution in [3.63, 3.8) is 0 Å². The third-order valence-electron chi connectivity index (χ3n) is 2.21. The third kappa shape index (κ3) is 9.99. The van der Waals surface area contributed by atoms with Crippen LogP contribution in [0, 0.1) is 5.41 Å². The minimum absolute atomic E-state index is 0.00534. The first-order valence-electron chi connectivity index (χ1n) is 6.54. The monoisotopic (exact) mass is 289 g/mol. The first-order valence-corrected chi connectivity index (χ1v) is 7.53. The Labute approximate surface area is 121 Å². The van der Waals surface area contributed by atoms with Gasteiger partial charge in [-0.15, -0.1) is 0 Å². The molecule has 5 heteroatoms. The molecule has 0 aliphatic heterocycles. The average molecular weight is 289 g/mol. The molecule has 0 saturated heterocycles. The molecule has 0 spiro atoms. The SMILES string of the molecule is C=CNC(C)OC(C)COCCSC(=O)C(C)(C)C. The van der Waals surface area contributed by atoms with Crippen LogP contribution >= 0.6 is 11.8 Å². The summed E-state index contributed by atoms with van der Waals surface area (Å²) in [5, 5.41) is 3.15. The Morgan fingerprint density at radius 2 is 2.05 bits per heavy atom. The molecule has 112 valence electrons. The smallest absolute Gasteiger partial charge is 0.194 e. The minimum atomic E-state index is -0.285. The molecule has 0 radical (unpaired) electrons. The van der Waals surface area contributed by atoms with Crippen molar-refractivity contribution < 1.29 is 14.3 Å². The Morgan fingerprint density at radius 3 is 2.58 bits per heavy atom. The van der Waals surface area contributed by atoms with Crippen molar-refractivity contribution in [3.05, 3.63) is 12.8 Å². The van der Waals surface area contributed by atoms with Gasteiger partial charge in [-0.2, -0.15) is 0 Å². The lowest BCUT2D eigenvalue weighted by Crippen LogP contribution is -2.30. The van der Waals surface area contributed by atoms with E-state index in [1.54, 1.807) is 6.20 Å². The molecule has 0 rings (SSSR count). The number of hydrogen-bond acceptors (Lipinski definition) is 5. The molecule has 0 aromatic carbocycles. The van der Waals surface area contributed by atoms with Crippen LogP contribution in [0.5, 0.6) is 0 Å². The fourth-order valence-corrected chi connectivity index (χ4v) is 2.07. The number of ether oxygens (including phenoxy) is 2. The molecule has 0 aliphatic rings. The van der Waals surface area contributed by atoms with Crippen LogP contribution in [0.3, 0.4) is 0 Å². The van der Waals surface area contributed by atoms with Crippen molar-refractivity contribution in [2.45, 2.75) is 47.0 Å². The van der Waals surface area contributed by atoms with Crippen molar-refractivity contribution in [3.8, 4) is 0 Å². The summed E-state index contributed by atoms with van der Waals surface area (Å²) in [7, 11) is 0. The summed E-state index contributed by atoms with van der Waals surface area (Å²) in [4.78, 5) is 11.6. The fourth-order valence-electron chi connectivity index (χ4n) is 1.25. The summed E-state index contributed by atoms with van der Waals surface area (Å²) in [6.45, 7) is 14.3. The normalized spacial score (nSPS) is 14.8. The highest BCUT2D eigenvalue weighted by molar-refractivity contribution is 8.13. The van der Waals surface area contributed by atoms with E-state index < -0.39 is 0 Å². The van der Waals surface area contributed by atoms with Crippen LogP contribution in [0.2, 0.25) is 0 Å². The summed E-state index contributed by atoms with van der Waals surface area (Å²) in [5.74, 6) is 0.684. The van der Waals surface area contributed by atoms with Crippen LogP contribution in [0.1, 0.15) is 34.6 Å². The Bertz CT molecular complexity index is 276. The van der Waals surface area contributed by atoms with E-state index in [4.69, 9.17) is 9.47 Å². The highest BCUT2D eigenvalue weighted by Crippen LogP contribution is 2.22. The Morgan fingerprint density at radius 1 is 1.42 bits per heavy atom. The maximum Gasteiger partial charge on any atom is 0.194 e. The summed E-state index contributed by atoms with van der Waals surface area (Å²) < 4.78 is 11.1. The lowest BCUT2D eigenvalue weighted by molar-refractivity contribution is -0.117. The first-order chi connectivity index (χ1) is 8.77. The topological polar surface area (TPSA) is 47.6 Å². The molecule has 0 aromatic rings. The van der Waals surface area contributed by atoms with Crippen LogP contribution in [0.15, 0.2) is 12.8 Å². The van der Waals surface area contributed by atoms with E-state index in [-0.39, 0.29) is 22.9 Å². The maximum absolute atomic E-state index is 11.6. The minimum Gasteiger partial charge on any atom is -0.378 e. The Hall–Kier alpha value is -0.520. The van der Waals surface area contributed by atoms with Gasteiger partial charge in [0.2, 0.25) is 0 Å². The maximum atomic E-state index is 11.6. The molecule has 2 unspecified atom stereocenters. The third-order valence-corrected chi connectivity index (χ3v) is 3.46. The zero-order chi connectivity index (χ0) is 14.9. The van der Waals surface area contributed by atoms with Gasteiger partial charge >= 0.3 is 0 Å². The van der Waals surface area contributed by atoms with Gasteiger partial charge in [0.15, 0.2) is 5.12 Å². The molecule has 2 atom stereocenters. The molecule has 0 aliphatic carbocycles. The highest BCUT2D eigenvalue weighted by Gasteiger charge is 2.21. The van der Waals surface area contributed by atoms with E-state index in [9.17, 15) is 4.79 Å². The van der Waals surface area contributed by atoms with Gasteiger partial charge in [-0.05, 0) is 20.0 Å².